The number of benzene rings is 3. The van der Waals surface area contributed by atoms with Gasteiger partial charge in [0.2, 0.25) is 5.91 Å². The van der Waals surface area contributed by atoms with Gasteiger partial charge < -0.3 is 9.47 Å². The highest BCUT2D eigenvalue weighted by Gasteiger charge is 2.34. The third-order valence-corrected chi connectivity index (χ3v) is 6.45. The molecule has 0 saturated carbocycles. The van der Waals surface area contributed by atoms with E-state index in [1.54, 1.807) is 11.8 Å². The first-order valence-electron chi connectivity index (χ1n) is 10.2. The number of para-hydroxylation sites is 2. The Balaban J connectivity index is 1.51. The van der Waals surface area contributed by atoms with Crippen molar-refractivity contribution in [3.63, 3.8) is 0 Å². The molecule has 0 radical (unpaired) electrons. The SMILES string of the molecule is CSc1cccc(N2C[C@H](c3nc4ccccc4n3Cc3ccccc3)CC2=O)c1. The minimum absolute atomic E-state index is 0.0755. The summed E-state index contributed by atoms with van der Waals surface area (Å²) in [4.78, 5) is 21.0. The molecule has 1 amide bonds. The van der Waals surface area contributed by atoms with E-state index >= 15 is 0 Å². The highest BCUT2D eigenvalue weighted by Crippen LogP contribution is 2.34. The van der Waals surface area contributed by atoms with E-state index in [9.17, 15) is 4.79 Å². The molecule has 30 heavy (non-hydrogen) atoms. The van der Waals surface area contributed by atoms with Gasteiger partial charge >= 0.3 is 0 Å². The van der Waals surface area contributed by atoms with Crippen molar-refractivity contribution in [3.05, 3.63) is 90.3 Å². The fraction of sp³-hybridized carbons (Fsp3) is 0.200. The van der Waals surface area contributed by atoms with Crippen molar-refractivity contribution in [1.82, 2.24) is 9.55 Å². The van der Waals surface area contributed by atoms with E-state index < -0.39 is 0 Å². The molecule has 0 unspecified atom stereocenters. The molecule has 1 aliphatic rings. The highest BCUT2D eigenvalue weighted by atomic mass is 32.2. The molecule has 1 fully saturated rings. The van der Waals surface area contributed by atoms with Crippen LogP contribution in [0.5, 0.6) is 0 Å². The molecule has 5 heteroatoms. The molecule has 3 aromatic carbocycles. The van der Waals surface area contributed by atoms with Gasteiger partial charge in [-0.2, -0.15) is 0 Å². The van der Waals surface area contributed by atoms with Crippen LogP contribution in [0.1, 0.15) is 23.7 Å². The van der Waals surface area contributed by atoms with Crippen LogP contribution in [0.2, 0.25) is 0 Å². The summed E-state index contributed by atoms with van der Waals surface area (Å²) in [6, 6.07) is 26.9. The fourth-order valence-electron chi connectivity index (χ4n) is 4.25. The zero-order valence-corrected chi connectivity index (χ0v) is 17.7. The van der Waals surface area contributed by atoms with Crippen LogP contribution in [0.15, 0.2) is 83.8 Å². The lowest BCUT2D eigenvalue weighted by Crippen LogP contribution is -2.24. The van der Waals surface area contributed by atoms with Crippen molar-refractivity contribution < 1.29 is 4.79 Å². The Kier molecular flexibility index (Phi) is 5.05. The lowest BCUT2D eigenvalue weighted by Gasteiger charge is -2.18. The number of fused-ring (bicyclic) bond motifs is 1. The number of rotatable bonds is 5. The summed E-state index contributed by atoms with van der Waals surface area (Å²) >= 11 is 1.69. The third-order valence-electron chi connectivity index (χ3n) is 5.72. The molecule has 150 valence electrons. The molecule has 0 bridgehead atoms. The number of carbonyl (C=O) groups excluding carboxylic acids is 1. The summed E-state index contributed by atoms with van der Waals surface area (Å²) in [6.07, 6.45) is 2.54. The Morgan fingerprint density at radius 3 is 2.63 bits per heavy atom. The number of hydrogen-bond acceptors (Lipinski definition) is 3. The van der Waals surface area contributed by atoms with Crippen LogP contribution in [-0.4, -0.2) is 28.3 Å². The van der Waals surface area contributed by atoms with Gasteiger partial charge in [-0.3, -0.25) is 4.79 Å². The second-order valence-electron chi connectivity index (χ2n) is 7.64. The summed E-state index contributed by atoms with van der Waals surface area (Å²) in [5.41, 5.74) is 4.31. The Hall–Kier alpha value is -3.05. The van der Waals surface area contributed by atoms with Gasteiger partial charge in [-0.1, -0.05) is 48.5 Å². The van der Waals surface area contributed by atoms with Crippen LogP contribution in [0, 0.1) is 0 Å². The van der Waals surface area contributed by atoms with Gasteiger partial charge in [0, 0.05) is 36.0 Å². The molecule has 1 aromatic heterocycles. The third kappa shape index (κ3) is 3.50. The maximum absolute atomic E-state index is 12.9. The molecule has 0 spiro atoms. The highest BCUT2D eigenvalue weighted by molar-refractivity contribution is 7.98. The smallest absolute Gasteiger partial charge is 0.227 e. The first-order valence-corrected chi connectivity index (χ1v) is 11.4. The van der Waals surface area contributed by atoms with Gasteiger partial charge in [0.15, 0.2) is 0 Å². The molecule has 1 aliphatic heterocycles. The van der Waals surface area contributed by atoms with Gasteiger partial charge in [0.25, 0.3) is 0 Å². The van der Waals surface area contributed by atoms with E-state index in [4.69, 9.17) is 4.98 Å². The minimum Gasteiger partial charge on any atom is -0.323 e. The van der Waals surface area contributed by atoms with Gasteiger partial charge in [-0.25, -0.2) is 4.98 Å². The van der Waals surface area contributed by atoms with E-state index in [1.807, 2.05) is 29.2 Å². The number of nitrogens with zero attached hydrogens (tertiary/aromatic N) is 3. The number of imidazole rings is 1. The molecule has 2 heterocycles. The number of thioether (sulfide) groups is 1. The first kappa shape index (κ1) is 18.9. The lowest BCUT2D eigenvalue weighted by atomic mass is 10.1. The van der Waals surface area contributed by atoms with Crippen LogP contribution in [0.3, 0.4) is 0 Å². The van der Waals surface area contributed by atoms with Crippen LogP contribution in [-0.2, 0) is 11.3 Å². The van der Waals surface area contributed by atoms with E-state index in [2.05, 4.69) is 65.4 Å². The molecular formula is C25H23N3OS. The van der Waals surface area contributed by atoms with E-state index in [-0.39, 0.29) is 11.8 Å². The molecule has 0 N–H and O–H groups in total. The minimum atomic E-state index is 0.0755. The van der Waals surface area contributed by atoms with Gasteiger partial charge in [0.1, 0.15) is 5.82 Å². The van der Waals surface area contributed by atoms with Gasteiger partial charge in [-0.15, -0.1) is 11.8 Å². The lowest BCUT2D eigenvalue weighted by molar-refractivity contribution is -0.117. The van der Waals surface area contributed by atoms with Crippen LogP contribution in [0.4, 0.5) is 5.69 Å². The quantitative estimate of drug-likeness (QED) is 0.415. The Labute approximate surface area is 180 Å². The van der Waals surface area contributed by atoms with E-state index in [0.29, 0.717) is 13.0 Å². The van der Waals surface area contributed by atoms with Gasteiger partial charge in [-0.05, 0) is 42.2 Å². The maximum Gasteiger partial charge on any atom is 0.227 e. The topological polar surface area (TPSA) is 38.1 Å². The average Bonchev–Trinajstić information content (AvgIpc) is 3.35. The standard InChI is InChI=1S/C25H23N3OS/c1-30-21-11-7-10-20(15-21)27-17-19(14-24(27)29)25-26-22-12-5-6-13-23(22)28(25)16-18-8-3-2-4-9-18/h2-13,15,19H,14,16-17H2,1H3/t19-/m1/s1. The Bertz CT molecular complexity index is 1200. The Morgan fingerprint density at radius 2 is 1.80 bits per heavy atom. The molecule has 0 aliphatic carbocycles. The summed E-state index contributed by atoms with van der Waals surface area (Å²) in [6.45, 7) is 1.41. The van der Waals surface area contributed by atoms with Gasteiger partial charge in [0.05, 0.1) is 11.0 Å². The van der Waals surface area contributed by atoms with E-state index in [0.717, 1.165) is 29.1 Å². The number of anilines is 1. The van der Waals surface area contributed by atoms with Crippen LogP contribution >= 0.6 is 11.8 Å². The van der Waals surface area contributed by atoms with Crippen molar-refractivity contribution in [2.24, 2.45) is 0 Å². The largest absolute Gasteiger partial charge is 0.323 e. The maximum atomic E-state index is 12.9. The second kappa shape index (κ2) is 8.00. The average molecular weight is 414 g/mol. The molecule has 1 atom stereocenters. The summed E-state index contributed by atoms with van der Waals surface area (Å²) in [5.74, 6) is 1.24. The van der Waals surface area contributed by atoms with Crippen molar-refractivity contribution in [2.75, 3.05) is 17.7 Å². The number of hydrogen-bond donors (Lipinski definition) is 0. The molecule has 5 rings (SSSR count). The summed E-state index contributed by atoms with van der Waals surface area (Å²) in [7, 11) is 0. The number of aromatic nitrogens is 2. The predicted octanol–water partition coefficient (Wildman–Crippen LogP) is 5.33. The fourth-order valence-corrected chi connectivity index (χ4v) is 4.70. The number of carbonyl (C=O) groups is 1. The zero-order chi connectivity index (χ0) is 20.5. The van der Waals surface area contributed by atoms with Crippen molar-refractivity contribution >= 4 is 34.4 Å². The van der Waals surface area contributed by atoms with Crippen LogP contribution < -0.4 is 4.90 Å². The second-order valence-corrected chi connectivity index (χ2v) is 8.52. The Morgan fingerprint density at radius 1 is 1.00 bits per heavy atom. The predicted molar refractivity (Wildman–Crippen MR) is 123 cm³/mol. The molecule has 4 aromatic rings. The zero-order valence-electron chi connectivity index (χ0n) is 16.9. The molecular weight excluding hydrogens is 390 g/mol. The van der Waals surface area contributed by atoms with Crippen LogP contribution in [0.25, 0.3) is 11.0 Å². The first-order chi connectivity index (χ1) is 14.7. The normalized spacial score (nSPS) is 16.5. The van der Waals surface area contributed by atoms with Crippen molar-refractivity contribution in [3.8, 4) is 0 Å². The monoisotopic (exact) mass is 413 g/mol. The van der Waals surface area contributed by atoms with Crippen molar-refractivity contribution in [2.45, 2.75) is 23.8 Å². The summed E-state index contributed by atoms with van der Waals surface area (Å²) in [5, 5.41) is 0. The molecule has 4 nitrogen and oxygen atoms in total. The van der Waals surface area contributed by atoms with Crippen molar-refractivity contribution in [1.29, 1.82) is 0 Å². The number of amides is 1. The molecule has 1 saturated heterocycles. The summed E-state index contributed by atoms with van der Waals surface area (Å²) < 4.78 is 2.28. The van der Waals surface area contributed by atoms with E-state index in [1.165, 1.54) is 10.5 Å².